The molecule has 6 nitrogen and oxygen atoms in total. The molecular weight excluding hydrogens is 306 g/mol. The number of hydrogen-bond donors (Lipinski definition) is 0. The number of hydrogen-bond acceptors (Lipinski definition) is 5. The van der Waals surface area contributed by atoms with Crippen molar-refractivity contribution in [3.05, 3.63) is 47.7 Å². The summed E-state index contributed by atoms with van der Waals surface area (Å²) in [5, 5.41) is 12.7. The van der Waals surface area contributed by atoms with Gasteiger partial charge in [0.2, 0.25) is 5.88 Å². The summed E-state index contributed by atoms with van der Waals surface area (Å²) in [7, 11) is 0. The van der Waals surface area contributed by atoms with Crippen LogP contribution in [0.15, 0.2) is 36.5 Å². The van der Waals surface area contributed by atoms with Crippen LogP contribution in [0.25, 0.3) is 0 Å². The Balaban J connectivity index is 0.00000139. The lowest BCUT2D eigenvalue weighted by molar-refractivity contribution is 0.0511. The van der Waals surface area contributed by atoms with Gasteiger partial charge < -0.3 is 9.47 Å². The highest BCUT2D eigenvalue weighted by Gasteiger charge is 2.18. The minimum absolute atomic E-state index is 0.303. The van der Waals surface area contributed by atoms with Gasteiger partial charge in [0.1, 0.15) is 12.2 Å². The molecule has 0 N–H and O–H groups in total. The first-order valence-electron chi connectivity index (χ1n) is 7.78. The first kappa shape index (κ1) is 19.2. The summed E-state index contributed by atoms with van der Waals surface area (Å²) < 4.78 is 11.8. The lowest BCUT2D eigenvalue weighted by atomic mass is 10.2. The Labute approximate surface area is 142 Å². The van der Waals surface area contributed by atoms with Crippen LogP contribution in [0.4, 0.5) is 4.79 Å². The van der Waals surface area contributed by atoms with Crippen molar-refractivity contribution in [2.45, 2.75) is 46.8 Å². The second kappa shape index (κ2) is 8.73. The summed E-state index contributed by atoms with van der Waals surface area (Å²) in [5.74, 6) is 0.329. The van der Waals surface area contributed by atoms with Gasteiger partial charge in [-0.25, -0.2) is 4.79 Å². The minimum Gasteiger partial charge on any atom is -0.472 e. The van der Waals surface area contributed by atoms with Crippen LogP contribution in [0.2, 0.25) is 0 Å². The molecule has 2 aromatic rings. The number of nitriles is 1. The fourth-order valence-corrected chi connectivity index (χ4v) is 1.63. The molecule has 0 aliphatic rings. The van der Waals surface area contributed by atoms with Crippen molar-refractivity contribution in [1.82, 2.24) is 9.78 Å². The number of carbonyl (C=O) groups is 1. The number of nitrogens with zero attached hydrogens (tertiary/aromatic N) is 3. The summed E-state index contributed by atoms with van der Waals surface area (Å²) in [6, 6.07) is 10.7. The Morgan fingerprint density at radius 1 is 1.21 bits per heavy atom. The van der Waals surface area contributed by atoms with Crippen molar-refractivity contribution in [3.8, 4) is 11.9 Å². The van der Waals surface area contributed by atoms with Crippen molar-refractivity contribution in [1.29, 1.82) is 5.26 Å². The fraction of sp³-hybridized carbons (Fsp3) is 0.389. The SMILES string of the molecule is CC.CC(C)(C)OC(=O)n1ccc(OCc2ccc(C#N)cc2)n1. The van der Waals surface area contributed by atoms with Gasteiger partial charge in [0.15, 0.2) is 0 Å². The molecule has 0 radical (unpaired) electrons. The second-order valence-corrected chi connectivity index (χ2v) is 5.68. The van der Waals surface area contributed by atoms with Gasteiger partial charge in [0, 0.05) is 12.3 Å². The number of ether oxygens (including phenoxy) is 2. The van der Waals surface area contributed by atoms with Crippen molar-refractivity contribution in [3.63, 3.8) is 0 Å². The van der Waals surface area contributed by atoms with Gasteiger partial charge >= 0.3 is 6.09 Å². The molecule has 0 fully saturated rings. The molecule has 1 aromatic carbocycles. The summed E-state index contributed by atoms with van der Waals surface area (Å²) in [5.41, 5.74) is 0.927. The molecule has 0 bridgehead atoms. The van der Waals surface area contributed by atoms with Gasteiger partial charge in [-0.15, -0.1) is 5.10 Å². The van der Waals surface area contributed by atoms with E-state index in [2.05, 4.69) is 11.2 Å². The summed E-state index contributed by atoms with van der Waals surface area (Å²) in [4.78, 5) is 11.8. The third-order valence-electron chi connectivity index (χ3n) is 2.61. The summed E-state index contributed by atoms with van der Waals surface area (Å²) >= 11 is 0. The minimum atomic E-state index is -0.577. The topological polar surface area (TPSA) is 77.1 Å². The van der Waals surface area contributed by atoms with Crippen LogP contribution < -0.4 is 4.74 Å². The van der Waals surface area contributed by atoms with Gasteiger partial charge in [-0.2, -0.15) is 9.94 Å². The average Bonchev–Trinajstić information content (AvgIpc) is 3.03. The van der Waals surface area contributed by atoms with E-state index in [-0.39, 0.29) is 0 Å². The molecule has 0 unspecified atom stereocenters. The van der Waals surface area contributed by atoms with E-state index in [9.17, 15) is 4.79 Å². The second-order valence-electron chi connectivity index (χ2n) is 5.68. The molecule has 1 heterocycles. The molecule has 128 valence electrons. The smallest absolute Gasteiger partial charge is 0.435 e. The Bertz CT molecular complexity index is 692. The van der Waals surface area contributed by atoms with E-state index in [1.165, 1.54) is 6.20 Å². The van der Waals surface area contributed by atoms with Crippen LogP contribution in [0, 0.1) is 11.3 Å². The molecular formula is C18H23N3O3. The number of benzene rings is 1. The van der Waals surface area contributed by atoms with E-state index in [0.29, 0.717) is 18.1 Å². The first-order valence-corrected chi connectivity index (χ1v) is 7.78. The molecule has 6 heteroatoms. The van der Waals surface area contributed by atoms with Gasteiger partial charge in [0.05, 0.1) is 11.6 Å². The van der Waals surface area contributed by atoms with E-state index in [4.69, 9.17) is 14.7 Å². The lowest BCUT2D eigenvalue weighted by Gasteiger charge is -2.18. The normalized spacial score (nSPS) is 10.2. The Hall–Kier alpha value is -2.81. The van der Waals surface area contributed by atoms with Crippen LogP contribution >= 0.6 is 0 Å². The zero-order valence-corrected chi connectivity index (χ0v) is 14.7. The standard InChI is InChI=1S/C16H17N3O3.C2H6/c1-16(2,3)22-15(20)19-9-8-14(18-19)21-11-13-6-4-12(10-17)5-7-13;1-2/h4-9H,11H2,1-3H3;1-2H3. The summed E-state index contributed by atoms with van der Waals surface area (Å²) in [6.45, 7) is 9.67. The Morgan fingerprint density at radius 3 is 2.38 bits per heavy atom. The molecule has 24 heavy (non-hydrogen) atoms. The van der Waals surface area contributed by atoms with Gasteiger partial charge in [-0.3, -0.25) is 0 Å². The summed E-state index contributed by atoms with van der Waals surface area (Å²) in [6.07, 6.45) is 0.933. The van der Waals surface area contributed by atoms with Crippen LogP contribution in [0.5, 0.6) is 5.88 Å². The maximum Gasteiger partial charge on any atom is 0.435 e. The maximum absolute atomic E-state index is 11.8. The van der Waals surface area contributed by atoms with Gasteiger partial charge in [0.25, 0.3) is 0 Å². The molecule has 2 rings (SSSR count). The predicted molar refractivity (Wildman–Crippen MR) is 90.7 cm³/mol. The molecule has 0 aliphatic carbocycles. The molecule has 0 aliphatic heterocycles. The molecule has 0 saturated carbocycles. The molecule has 0 amide bonds. The average molecular weight is 329 g/mol. The molecule has 1 aromatic heterocycles. The predicted octanol–water partition coefficient (Wildman–Crippen LogP) is 4.14. The van der Waals surface area contributed by atoms with Crippen molar-refractivity contribution >= 4 is 6.09 Å². The highest BCUT2D eigenvalue weighted by Crippen LogP contribution is 2.13. The van der Waals surface area contributed by atoms with Crippen molar-refractivity contribution in [2.24, 2.45) is 0 Å². The van der Waals surface area contributed by atoms with E-state index in [1.54, 1.807) is 39.0 Å². The molecule has 0 saturated heterocycles. The van der Waals surface area contributed by atoms with E-state index in [1.807, 2.05) is 26.0 Å². The van der Waals surface area contributed by atoms with Crippen molar-refractivity contribution < 1.29 is 14.3 Å². The van der Waals surface area contributed by atoms with Crippen LogP contribution in [-0.2, 0) is 11.3 Å². The monoisotopic (exact) mass is 329 g/mol. The van der Waals surface area contributed by atoms with Gasteiger partial charge in [-0.05, 0) is 38.5 Å². The van der Waals surface area contributed by atoms with Gasteiger partial charge in [-0.1, -0.05) is 26.0 Å². The van der Waals surface area contributed by atoms with E-state index >= 15 is 0 Å². The quantitative estimate of drug-likeness (QED) is 0.845. The maximum atomic E-state index is 11.8. The van der Waals surface area contributed by atoms with Crippen LogP contribution in [-0.4, -0.2) is 21.5 Å². The zero-order chi connectivity index (χ0) is 18.2. The van der Waals surface area contributed by atoms with Crippen LogP contribution in [0.3, 0.4) is 0 Å². The Morgan fingerprint density at radius 2 is 1.83 bits per heavy atom. The zero-order valence-electron chi connectivity index (χ0n) is 14.7. The van der Waals surface area contributed by atoms with E-state index < -0.39 is 11.7 Å². The third-order valence-corrected chi connectivity index (χ3v) is 2.61. The van der Waals surface area contributed by atoms with Crippen LogP contribution in [0.1, 0.15) is 45.7 Å². The largest absolute Gasteiger partial charge is 0.472 e. The Kier molecular flexibility index (Phi) is 6.99. The van der Waals surface area contributed by atoms with E-state index in [0.717, 1.165) is 10.2 Å². The first-order chi connectivity index (χ1) is 11.4. The molecule has 0 atom stereocenters. The molecule has 0 spiro atoms. The highest BCUT2D eigenvalue weighted by atomic mass is 16.6. The third kappa shape index (κ3) is 6.13. The number of carbonyl (C=O) groups excluding carboxylic acids is 1. The number of aromatic nitrogens is 2. The fourth-order valence-electron chi connectivity index (χ4n) is 1.63. The lowest BCUT2D eigenvalue weighted by Crippen LogP contribution is -2.27. The highest BCUT2D eigenvalue weighted by molar-refractivity contribution is 5.69. The number of rotatable bonds is 3. The van der Waals surface area contributed by atoms with Crippen molar-refractivity contribution in [2.75, 3.05) is 0 Å².